The molecule has 0 aromatic heterocycles. The first-order valence-corrected chi connectivity index (χ1v) is 8.28. The molecule has 0 amide bonds. The highest BCUT2D eigenvalue weighted by Crippen LogP contribution is 2.37. The Bertz CT molecular complexity index is 975. The van der Waals surface area contributed by atoms with Crippen LogP contribution in [0.25, 0.3) is 6.08 Å². The summed E-state index contributed by atoms with van der Waals surface area (Å²) in [5.41, 5.74) is 0.869. The molecule has 9 heteroatoms. The Morgan fingerprint density at radius 1 is 1.18 bits per heavy atom. The molecule has 0 radical (unpaired) electrons. The van der Waals surface area contributed by atoms with Gasteiger partial charge < -0.3 is 18.9 Å². The zero-order valence-electron chi connectivity index (χ0n) is 14.7. The fourth-order valence-electron chi connectivity index (χ4n) is 2.52. The summed E-state index contributed by atoms with van der Waals surface area (Å²) < 4.78 is 44.6. The average Bonchev–Trinajstić information content (AvgIpc) is 3.01. The van der Waals surface area contributed by atoms with Crippen molar-refractivity contribution in [3.05, 3.63) is 58.2 Å². The summed E-state index contributed by atoms with van der Waals surface area (Å²) in [6, 6.07) is 8.90. The fraction of sp³-hybridized carbons (Fsp3) is 0.158. The van der Waals surface area contributed by atoms with E-state index in [0.717, 1.165) is 0 Å². The Hall–Kier alpha value is -3.13. The first-order chi connectivity index (χ1) is 13.4. The van der Waals surface area contributed by atoms with Gasteiger partial charge in [0.2, 0.25) is 5.90 Å². The van der Waals surface area contributed by atoms with E-state index in [4.69, 9.17) is 25.8 Å². The molecule has 2 aromatic carbocycles. The van der Waals surface area contributed by atoms with Crippen molar-refractivity contribution in [3.63, 3.8) is 0 Å². The maximum Gasteiger partial charge on any atom is 0.387 e. The smallest absolute Gasteiger partial charge is 0.387 e. The molecule has 0 spiro atoms. The third-order valence-electron chi connectivity index (χ3n) is 3.69. The van der Waals surface area contributed by atoms with Crippen molar-refractivity contribution in [3.8, 4) is 17.2 Å². The second-order valence-electron chi connectivity index (χ2n) is 5.48. The lowest BCUT2D eigenvalue weighted by Gasteiger charge is -2.10. The topological polar surface area (TPSA) is 66.3 Å². The molecule has 0 aliphatic carbocycles. The van der Waals surface area contributed by atoms with Crippen LogP contribution < -0.4 is 14.2 Å². The monoisotopic (exact) mass is 409 g/mol. The normalized spacial score (nSPS) is 14.9. The van der Waals surface area contributed by atoms with Crippen LogP contribution in [0, 0.1) is 0 Å². The average molecular weight is 410 g/mol. The van der Waals surface area contributed by atoms with Gasteiger partial charge in [-0.25, -0.2) is 9.79 Å². The SMILES string of the molecule is COc1cc(C=C2N=C(c3cccc(OC(F)F)c3)OC2=O)cc(Cl)c1OC. The number of halogens is 3. The van der Waals surface area contributed by atoms with Gasteiger partial charge in [-0.15, -0.1) is 0 Å². The van der Waals surface area contributed by atoms with E-state index >= 15 is 0 Å². The van der Waals surface area contributed by atoms with E-state index < -0.39 is 12.6 Å². The zero-order chi connectivity index (χ0) is 20.3. The van der Waals surface area contributed by atoms with E-state index in [2.05, 4.69) is 9.73 Å². The molecule has 3 rings (SSSR count). The molecule has 2 aromatic rings. The molecule has 0 fully saturated rings. The molecule has 1 aliphatic heterocycles. The highest BCUT2D eigenvalue weighted by Gasteiger charge is 2.25. The maximum atomic E-state index is 12.4. The number of hydrogen-bond acceptors (Lipinski definition) is 6. The van der Waals surface area contributed by atoms with Gasteiger partial charge in [0, 0.05) is 5.56 Å². The first kappa shape index (κ1) is 19.6. The zero-order valence-corrected chi connectivity index (χ0v) is 15.5. The van der Waals surface area contributed by atoms with E-state index in [-0.39, 0.29) is 17.3 Å². The number of nitrogens with zero attached hydrogens (tertiary/aromatic N) is 1. The van der Waals surface area contributed by atoms with Crippen molar-refractivity contribution in [2.45, 2.75) is 6.61 Å². The van der Waals surface area contributed by atoms with E-state index in [1.165, 1.54) is 38.5 Å². The molecule has 146 valence electrons. The van der Waals surface area contributed by atoms with Gasteiger partial charge in [-0.05, 0) is 42.0 Å². The summed E-state index contributed by atoms with van der Waals surface area (Å²) in [5.74, 6) is -0.0476. The predicted octanol–water partition coefficient (Wildman–Crippen LogP) is 4.30. The number of benzene rings is 2. The first-order valence-electron chi connectivity index (χ1n) is 7.90. The number of carbonyl (C=O) groups excluding carboxylic acids is 1. The van der Waals surface area contributed by atoms with Gasteiger partial charge in [0.15, 0.2) is 17.2 Å². The molecule has 1 heterocycles. The summed E-state index contributed by atoms with van der Waals surface area (Å²) in [6.45, 7) is -2.96. The van der Waals surface area contributed by atoms with Crippen molar-refractivity contribution in [1.82, 2.24) is 0 Å². The van der Waals surface area contributed by atoms with Gasteiger partial charge in [-0.3, -0.25) is 0 Å². The van der Waals surface area contributed by atoms with Crippen LogP contribution in [0.5, 0.6) is 17.2 Å². The van der Waals surface area contributed by atoms with Gasteiger partial charge in [0.05, 0.1) is 19.2 Å². The number of alkyl halides is 2. The number of aliphatic imine (C=N–C) groups is 1. The van der Waals surface area contributed by atoms with Gasteiger partial charge in [0.1, 0.15) is 5.75 Å². The van der Waals surface area contributed by atoms with E-state index in [9.17, 15) is 13.6 Å². The van der Waals surface area contributed by atoms with Crippen LogP contribution in [-0.2, 0) is 9.53 Å². The standard InChI is InChI=1S/C19H14ClF2NO5/c1-25-15-8-10(6-13(20)16(15)26-2)7-14-18(24)28-17(23-14)11-4-3-5-12(9-11)27-19(21)22/h3-9,19H,1-2H3. The number of ether oxygens (including phenoxy) is 4. The third-order valence-corrected chi connectivity index (χ3v) is 3.97. The molecular formula is C19H14ClF2NO5. The van der Waals surface area contributed by atoms with Crippen molar-refractivity contribution in [1.29, 1.82) is 0 Å². The molecule has 1 aliphatic rings. The Balaban J connectivity index is 1.93. The van der Waals surface area contributed by atoms with Crippen LogP contribution in [-0.4, -0.2) is 32.7 Å². The lowest BCUT2D eigenvalue weighted by molar-refractivity contribution is -0.129. The van der Waals surface area contributed by atoms with Crippen LogP contribution in [0.1, 0.15) is 11.1 Å². The van der Waals surface area contributed by atoms with Crippen LogP contribution in [0.3, 0.4) is 0 Å². The van der Waals surface area contributed by atoms with E-state index in [1.807, 2.05) is 0 Å². The predicted molar refractivity (Wildman–Crippen MR) is 98.2 cm³/mol. The number of methoxy groups -OCH3 is 2. The Kier molecular flexibility index (Phi) is 5.79. The maximum absolute atomic E-state index is 12.4. The molecule has 0 saturated carbocycles. The van der Waals surface area contributed by atoms with Gasteiger partial charge in [-0.1, -0.05) is 17.7 Å². The second kappa shape index (κ2) is 8.26. The molecule has 0 atom stereocenters. The number of hydrogen-bond donors (Lipinski definition) is 0. The highest BCUT2D eigenvalue weighted by molar-refractivity contribution is 6.32. The van der Waals surface area contributed by atoms with Crippen LogP contribution in [0.2, 0.25) is 5.02 Å². The molecule has 0 saturated heterocycles. The molecular weight excluding hydrogens is 396 g/mol. The van der Waals surface area contributed by atoms with Crippen molar-refractivity contribution in [2.75, 3.05) is 14.2 Å². The van der Waals surface area contributed by atoms with Crippen molar-refractivity contribution in [2.24, 2.45) is 4.99 Å². The Morgan fingerprint density at radius 3 is 2.64 bits per heavy atom. The molecule has 0 N–H and O–H groups in total. The van der Waals surface area contributed by atoms with Crippen LogP contribution in [0.4, 0.5) is 8.78 Å². The minimum absolute atomic E-state index is 0.0125. The Morgan fingerprint density at radius 2 is 1.96 bits per heavy atom. The minimum atomic E-state index is -2.96. The fourth-order valence-corrected chi connectivity index (χ4v) is 2.81. The largest absolute Gasteiger partial charge is 0.493 e. The van der Waals surface area contributed by atoms with Crippen LogP contribution >= 0.6 is 11.6 Å². The molecule has 6 nitrogen and oxygen atoms in total. The van der Waals surface area contributed by atoms with Crippen molar-refractivity contribution < 1.29 is 32.5 Å². The van der Waals surface area contributed by atoms with E-state index in [1.54, 1.807) is 18.2 Å². The third kappa shape index (κ3) is 4.23. The molecule has 0 bridgehead atoms. The number of cyclic esters (lactones) is 1. The van der Waals surface area contributed by atoms with Crippen LogP contribution in [0.15, 0.2) is 47.1 Å². The highest BCUT2D eigenvalue weighted by atomic mass is 35.5. The molecule has 0 unspecified atom stereocenters. The number of esters is 1. The summed E-state index contributed by atoms with van der Waals surface area (Å²) in [7, 11) is 2.91. The summed E-state index contributed by atoms with van der Waals surface area (Å²) in [5, 5.41) is 0.293. The lowest BCUT2D eigenvalue weighted by atomic mass is 10.1. The summed E-state index contributed by atoms with van der Waals surface area (Å²) in [4.78, 5) is 16.3. The quantitative estimate of drug-likeness (QED) is 0.525. The van der Waals surface area contributed by atoms with Gasteiger partial charge >= 0.3 is 12.6 Å². The van der Waals surface area contributed by atoms with Gasteiger partial charge in [-0.2, -0.15) is 8.78 Å². The number of rotatable bonds is 6. The lowest BCUT2D eigenvalue weighted by Crippen LogP contribution is -2.07. The minimum Gasteiger partial charge on any atom is -0.493 e. The van der Waals surface area contributed by atoms with Crippen molar-refractivity contribution >= 4 is 29.5 Å². The number of carbonyl (C=O) groups is 1. The molecule has 28 heavy (non-hydrogen) atoms. The Labute approximate surface area is 163 Å². The van der Waals surface area contributed by atoms with Gasteiger partial charge in [0.25, 0.3) is 0 Å². The summed E-state index contributed by atoms with van der Waals surface area (Å²) >= 11 is 6.16. The summed E-state index contributed by atoms with van der Waals surface area (Å²) in [6.07, 6.45) is 1.46. The van der Waals surface area contributed by atoms with E-state index in [0.29, 0.717) is 27.6 Å². The second-order valence-corrected chi connectivity index (χ2v) is 5.89.